The molecule has 1 saturated heterocycles. The summed E-state index contributed by atoms with van der Waals surface area (Å²) in [5, 5.41) is 5.77. The molecule has 5 aliphatic rings. The van der Waals surface area contributed by atoms with Crippen molar-refractivity contribution in [1.82, 2.24) is 29.9 Å². The maximum atomic E-state index is 6.46. The summed E-state index contributed by atoms with van der Waals surface area (Å²) < 4.78 is 18.1. The Balaban J connectivity index is 0.000000123. The highest BCUT2D eigenvalue weighted by atomic mass is 35.5. The van der Waals surface area contributed by atoms with Gasteiger partial charge in [0.25, 0.3) is 0 Å². The first-order chi connectivity index (χ1) is 63.8. The van der Waals surface area contributed by atoms with Crippen LogP contribution >= 0.6 is 34.3 Å². The van der Waals surface area contributed by atoms with Crippen molar-refractivity contribution in [3.8, 4) is 146 Å². The molecule has 20 aromatic rings. The highest BCUT2D eigenvalue weighted by molar-refractivity contribution is 7.27. The molecule has 8 nitrogen and oxygen atoms in total. The molecule has 0 N–H and O–H groups in total. The zero-order valence-electron chi connectivity index (χ0n) is 75.8. The molecule has 1 fully saturated rings. The van der Waals surface area contributed by atoms with Gasteiger partial charge in [0, 0.05) is 100 Å². The number of fused-ring (bicyclic) bond motifs is 18. The van der Waals surface area contributed by atoms with Crippen molar-refractivity contribution in [2.45, 2.75) is 123 Å². The fourth-order valence-corrected chi connectivity index (χ4v) is 24.0. The lowest BCUT2D eigenvalue weighted by atomic mass is 9.78. The minimum Gasteiger partial charge on any atom is -0.399 e. The van der Waals surface area contributed by atoms with Crippen LogP contribution in [0.1, 0.15) is 135 Å². The minimum atomic E-state index is -0.371. The fraction of sp³-hybridized carbons (Fsp3) is 0.157. The van der Waals surface area contributed by atoms with E-state index in [1.54, 1.807) is 0 Å². The van der Waals surface area contributed by atoms with Crippen molar-refractivity contribution in [2.24, 2.45) is 0 Å². The number of halogens is 1. The van der Waals surface area contributed by atoms with Gasteiger partial charge in [-0.25, -0.2) is 29.9 Å². The number of aromatic nitrogens is 6. The Morgan fingerprint density at radius 1 is 0.218 bits per heavy atom. The summed E-state index contributed by atoms with van der Waals surface area (Å²) in [6, 6.07) is 126. The monoisotopic (exact) mass is 1780 g/mol. The molecule has 0 unspecified atom stereocenters. The largest absolute Gasteiger partial charge is 0.496 e. The van der Waals surface area contributed by atoms with Gasteiger partial charge in [-0.1, -0.05) is 384 Å². The van der Waals surface area contributed by atoms with Gasteiger partial charge in [0.2, 0.25) is 0 Å². The van der Waals surface area contributed by atoms with Crippen molar-refractivity contribution < 1.29 is 9.31 Å². The first-order valence-electron chi connectivity index (χ1n) is 45.6. The van der Waals surface area contributed by atoms with E-state index in [4.69, 9.17) is 50.8 Å². The number of rotatable bonds is 10. The van der Waals surface area contributed by atoms with Crippen LogP contribution in [0.25, 0.3) is 187 Å². The Morgan fingerprint density at radius 3 is 0.835 bits per heavy atom. The van der Waals surface area contributed by atoms with Crippen molar-refractivity contribution in [1.29, 1.82) is 0 Å². The van der Waals surface area contributed by atoms with E-state index in [1.807, 2.05) is 95.5 Å². The summed E-state index contributed by atoms with van der Waals surface area (Å²) in [7, 11) is -0.371. The lowest BCUT2D eigenvalue weighted by Gasteiger charge is -2.32. The van der Waals surface area contributed by atoms with Crippen LogP contribution in [0.3, 0.4) is 0 Å². The molecule has 0 amide bonds. The topological polar surface area (TPSA) is 95.8 Å². The second-order valence-electron chi connectivity index (χ2n) is 38.7. The Bertz CT molecular complexity index is 8130. The standard InChI is InChI=1S/C57H41N3S.C33H31BO2S.C30H22ClN3.CH4/c1-56(2)47-25-10-8-19-41(47)43-29-27-36(32-49(43)56)40-22-14-24-46-45-23-13-21-39(51(45)61-52(40)46)35-17-12-18-37(31-35)54-58-53(34-15-6-5-7-16-34)59-55(60-54)38-28-30-44-42-20-9-11-26-48(42)57(3,4)50(44)33-38;1-31(2)26-15-8-7-11-22(26)23-18-17-20(19-27(23)31)21-12-9-13-24-25-14-10-16-28(30(25)37-29(21)24)34-35-32(3,4)33(5,6)36-34;1-30(2)25-14-7-6-13-23(25)24-16-15-21(18-26(24)30)29-33-27(19-9-4-3-5-10-19)32-28(34-29)20-11-8-12-22(31)17-20;/h5-33H,1-4H3;7-19H,1-6H3;3-18H,1-2H3;1H4. The molecule has 25 rings (SSSR count). The molecule has 16 aromatic carbocycles. The average molecular weight is 1780 g/mol. The molecular formula is C121H98BClN6O2S2. The van der Waals surface area contributed by atoms with Crippen LogP contribution in [-0.2, 0) is 31.0 Å². The molecule has 0 bridgehead atoms. The summed E-state index contributed by atoms with van der Waals surface area (Å²) >= 11 is 10.0. The minimum absolute atomic E-state index is 0. The van der Waals surface area contributed by atoms with E-state index in [0.717, 1.165) is 44.4 Å². The van der Waals surface area contributed by atoms with E-state index in [2.05, 4.69) is 362 Å². The average Bonchev–Trinajstić information content (AvgIpc) is 1.64. The van der Waals surface area contributed by atoms with E-state index < -0.39 is 0 Å². The van der Waals surface area contributed by atoms with Gasteiger partial charge in [0.05, 0.1) is 11.2 Å². The molecule has 4 aromatic heterocycles. The maximum absolute atomic E-state index is 6.46. The highest BCUT2D eigenvalue weighted by Gasteiger charge is 2.52. The van der Waals surface area contributed by atoms with Gasteiger partial charge in [-0.15, -0.1) is 22.7 Å². The number of thiophene rings is 2. The maximum Gasteiger partial charge on any atom is 0.496 e. The Kier molecular flexibility index (Phi) is 20.4. The zero-order chi connectivity index (χ0) is 90.1. The van der Waals surface area contributed by atoms with Gasteiger partial charge in [-0.05, 0) is 198 Å². The predicted octanol–water partition coefficient (Wildman–Crippen LogP) is 32.0. The first kappa shape index (κ1) is 84.8. The lowest BCUT2D eigenvalue weighted by Crippen LogP contribution is -2.41. The molecule has 1 aliphatic heterocycles. The fourth-order valence-electron chi connectivity index (χ4n) is 21.1. The van der Waals surface area contributed by atoms with Gasteiger partial charge in [-0.2, -0.15) is 0 Å². The summed E-state index contributed by atoms with van der Waals surface area (Å²) in [6.07, 6.45) is 0. The molecule has 0 saturated carbocycles. The SMILES string of the molecule is C.CC1(C)c2ccccc2-c2ccc(-c3cccc4c3sc3c(B5OC(C)(C)C(C)(C)O5)cccc34)cc21.CC1(C)c2ccccc2-c2ccc(-c3nc(-c4ccccc4)nc(-c4cccc(-c5cccc6c5sc5c(-c7ccc8c(c7)C(C)(C)c7ccccc7-8)cccc56)c4)n3)cc21.CC1(C)c2ccccc2-c2ccc(-c3nc(-c4ccccc4)nc(-c4cccc(Cl)c4)n3)cc21. The zero-order valence-corrected chi connectivity index (χ0v) is 78.1. The predicted molar refractivity (Wildman–Crippen MR) is 559 cm³/mol. The molecular weight excluding hydrogens is 1680 g/mol. The lowest BCUT2D eigenvalue weighted by molar-refractivity contribution is 0.00578. The Hall–Kier alpha value is -13.7. The molecule has 646 valence electrons. The van der Waals surface area contributed by atoms with Crippen molar-refractivity contribution in [3.63, 3.8) is 0 Å². The second kappa shape index (κ2) is 32.0. The van der Waals surface area contributed by atoms with Crippen LogP contribution in [0.15, 0.2) is 352 Å². The summed E-state index contributed by atoms with van der Waals surface area (Å²) in [5.41, 5.74) is 34.7. The molecule has 5 heterocycles. The molecule has 0 radical (unpaired) electrons. The van der Waals surface area contributed by atoms with Gasteiger partial charge in [-0.3, -0.25) is 0 Å². The van der Waals surface area contributed by atoms with E-state index >= 15 is 0 Å². The number of hydrogen-bond donors (Lipinski definition) is 0. The molecule has 0 atom stereocenters. The third kappa shape index (κ3) is 14.1. The Labute approximate surface area is 791 Å². The van der Waals surface area contributed by atoms with Crippen molar-refractivity contribution in [2.75, 3.05) is 0 Å². The number of benzene rings is 16. The summed E-state index contributed by atoms with van der Waals surface area (Å²) in [6.45, 7) is 27.0. The second-order valence-corrected chi connectivity index (χ2v) is 41.2. The van der Waals surface area contributed by atoms with Gasteiger partial charge in [0.1, 0.15) is 0 Å². The summed E-state index contributed by atoms with van der Waals surface area (Å²) in [4.78, 5) is 30.0. The third-order valence-corrected chi connectivity index (χ3v) is 31.7. The van der Waals surface area contributed by atoms with Gasteiger partial charge >= 0.3 is 7.12 Å². The van der Waals surface area contributed by atoms with E-state index in [9.17, 15) is 0 Å². The smallest absolute Gasteiger partial charge is 0.399 e. The van der Waals surface area contributed by atoms with Crippen LogP contribution < -0.4 is 5.46 Å². The van der Waals surface area contributed by atoms with E-state index in [1.165, 1.54) is 157 Å². The quantitative estimate of drug-likeness (QED) is 0.125. The van der Waals surface area contributed by atoms with Crippen LogP contribution in [0.4, 0.5) is 0 Å². The van der Waals surface area contributed by atoms with E-state index in [0.29, 0.717) is 40.0 Å². The van der Waals surface area contributed by atoms with Gasteiger partial charge in [0.15, 0.2) is 34.9 Å². The van der Waals surface area contributed by atoms with Crippen LogP contribution in [0.2, 0.25) is 5.02 Å². The van der Waals surface area contributed by atoms with Crippen LogP contribution in [-0.4, -0.2) is 48.2 Å². The molecule has 12 heteroatoms. The number of nitrogens with zero attached hydrogens (tertiary/aromatic N) is 6. The van der Waals surface area contributed by atoms with Crippen LogP contribution in [0.5, 0.6) is 0 Å². The Morgan fingerprint density at radius 2 is 0.466 bits per heavy atom. The normalized spacial score (nSPS) is 15.2. The number of hydrogen-bond acceptors (Lipinski definition) is 10. The van der Waals surface area contributed by atoms with Crippen molar-refractivity contribution in [3.05, 3.63) is 401 Å². The van der Waals surface area contributed by atoms with E-state index in [-0.39, 0.29) is 47.4 Å². The van der Waals surface area contributed by atoms with Crippen molar-refractivity contribution >= 4 is 87.2 Å². The molecule has 133 heavy (non-hydrogen) atoms. The van der Waals surface area contributed by atoms with Gasteiger partial charge < -0.3 is 9.31 Å². The highest BCUT2D eigenvalue weighted by Crippen LogP contribution is 2.56. The summed E-state index contributed by atoms with van der Waals surface area (Å²) in [5.74, 6) is 3.88. The van der Waals surface area contributed by atoms with Crippen LogP contribution in [0, 0.1) is 0 Å². The molecule has 0 spiro atoms. The first-order valence-corrected chi connectivity index (χ1v) is 47.6. The molecule has 4 aliphatic carbocycles. The third-order valence-electron chi connectivity index (χ3n) is 28.9.